The molecule has 180 valence electrons. The number of imidazole rings is 1. The minimum Gasteiger partial charge on any atom is -0.292 e. The number of hydrogen-bond acceptors (Lipinski definition) is 2. The van der Waals surface area contributed by atoms with Crippen molar-refractivity contribution in [3.05, 3.63) is 95.6 Å². The van der Waals surface area contributed by atoms with E-state index >= 15 is 4.39 Å². The fourth-order valence-electron chi connectivity index (χ4n) is 5.19. The minimum absolute atomic E-state index is 0.299. The molecule has 0 bridgehead atoms. The predicted molar refractivity (Wildman–Crippen MR) is 147 cm³/mol. The summed E-state index contributed by atoms with van der Waals surface area (Å²) in [5, 5.41) is 1.25. The van der Waals surface area contributed by atoms with Crippen molar-refractivity contribution < 1.29 is 8.78 Å². The molecule has 5 heteroatoms. The number of aromatic nitrogens is 2. The third-order valence-electron chi connectivity index (χ3n) is 6.90. The normalized spacial score (nSPS) is 12.1. The van der Waals surface area contributed by atoms with Crippen LogP contribution in [-0.4, -0.2) is 9.55 Å². The SMILES string of the molecule is CC(C)c1cccc(C(C)C)c1-n1c(-c2ccc(F)c3c2sc2cc(F)ccc23)nc2ccccc21. The Morgan fingerprint density at radius 2 is 1.53 bits per heavy atom. The first-order valence-electron chi connectivity index (χ1n) is 12.3. The molecule has 0 aliphatic heterocycles. The van der Waals surface area contributed by atoms with Crippen LogP contribution in [0.3, 0.4) is 0 Å². The zero-order valence-corrected chi connectivity index (χ0v) is 21.5. The van der Waals surface area contributed by atoms with Gasteiger partial charge in [0.05, 0.1) is 16.7 Å². The Balaban J connectivity index is 1.78. The smallest absolute Gasteiger partial charge is 0.147 e. The van der Waals surface area contributed by atoms with Crippen LogP contribution in [0.2, 0.25) is 0 Å². The molecule has 0 amide bonds. The number of fused-ring (bicyclic) bond motifs is 4. The second kappa shape index (κ2) is 8.52. The second-order valence-corrected chi connectivity index (χ2v) is 10.9. The first-order chi connectivity index (χ1) is 17.3. The van der Waals surface area contributed by atoms with Gasteiger partial charge in [0.25, 0.3) is 0 Å². The highest BCUT2D eigenvalue weighted by molar-refractivity contribution is 7.26. The minimum atomic E-state index is -0.323. The number of hydrogen-bond donors (Lipinski definition) is 0. The predicted octanol–water partition coefficient (Wildman–Crippen LogP) is 9.59. The molecule has 0 saturated heterocycles. The molecule has 0 unspecified atom stereocenters. The van der Waals surface area contributed by atoms with Gasteiger partial charge in [0, 0.05) is 25.7 Å². The van der Waals surface area contributed by atoms with Crippen molar-refractivity contribution in [1.29, 1.82) is 0 Å². The van der Waals surface area contributed by atoms with Crippen molar-refractivity contribution in [2.24, 2.45) is 0 Å². The van der Waals surface area contributed by atoms with Crippen LogP contribution in [0.4, 0.5) is 8.78 Å². The van der Waals surface area contributed by atoms with Gasteiger partial charge in [-0.1, -0.05) is 58.0 Å². The van der Waals surface area contributed by atoms with E-state index in [0.29, 0.717) is 17.2 Å². The lowest BCUT2D eigenvalue weighted by Gasteiger charge is -2.22. The van der Waals surface area contributed by atoms with Gasteiger partial charge in [0.1, 0.15) is 17.5 Å². The molecule has 4 aromatic carbocycles. The second-order valence-electron chi connectivity index (χ2n) is 9.90. The maximum Gasteiger partial charge on any atom is 0.147 e. The Hall–Kier alpha value is -3.57. The van der Waals surface area contributed by atoms with Crippen molar-refractivity contribution in [2.45, 2.75) is 39.5 Å². The van der Waals surface area contributed by atoms with E-state index in [1.165, 1.54) is 40.7 Å². The molecule has 0 aliphatic carbocycles. The van der Waals surface area contributed by atoms with E-state index < -0.39 is 0 Å². The average molecular weight is 497 g/mol. The fraction of sp³-hybridized carbons (Fsp3) is 0.194. The van der Waals surface area contributed by atoms with Crippen LogP contribution in [0, 0.1) is 11.6 Å². The molecule has 0 atom stereocenters. The molecular formula is C31H26F2N2S. The summed E-state index contributed by atoms with van der Waals surface area (Å²) in [5.41, 5.74) is 6.34. The Morgan fingerprint density at radius 1 is 0.806 bits per heavy atom. The maximum atomic E-state index is 15.2. The van der Waals surface area contributed by atoms with Gasteiger partial charge in [0.2, 0.25) is 0 Å². The van der Waals surface area contributed by atoms with E-state index in [4.69, 9.17) is 4.98 Å². The molecule has 0 radical (unpaired) electrons. The van der Waals surface area contributed by atoms with Crippen LogP contribution < -0.4 is 0 Å². The summed E-state index contributed by atoms with van der Waals surface area (Å²) in [6.07, 6.45) is 0. The van der Waals surface area contributed by atoms with Crippen LogP contribution in [0.5, 0.6) is 0 Å². The molecule has 0 aliphatic rings. The van der Waals surface area contributed by atoms with Gasteiger partial charge in [-0.05, 0) is 65.4 Å². The Morgan fingerprint density at radius 3 is 2.25 bits per heavy atom. The van der Waals surface area contributed by atoms with E-state index in [9.17, 15) is 4.39 Å². The number of nitrogens with zero attached hydrogens (tertiary/aromatic N) is 2. The largest absolute Gasteiger partial charge is 0.292 e. The molecule has 2 nitrogen and oxygen atoms in total. The third kappa shape index (κ3) is 3.45. The highest BCUT2D eigenvalue weighted by Crippen LogP contribution is 2.44. The van der Waals surface area contributed by atoms with Gasteiger partial charge < -0.3 is 0 Å². The number of rotatable bonds is 4. The van der Waals surface area contributed by atoms with E-state index in [2.05, 4.69) is 56.5 Å². The summed E-state index contributed by atoms with van der Waals surface area (Å²) in [7, 11) is 0. The van der Waals surface area contributed by atoms with Gasteiger partial charge in [0.15, 0.2) is 0 Å². The molecule has 6 aromatic rings. The number of para-hydroxylation sites is 3. The van der Waals surface area contributed by atoms with Crippen LogP contribution in [0.1, 0.15) is 50.7 Å². The molecular weight excluding hydrogens is 470 g/mol. The standard InChI is InChI=1S/C31H26F2N2S/c1-17(2)20-8-7-9-21(18(3)4)29(20)35-26-11-6-5-10-25(26)34-31(35)23-14-15-24(33)28-22-13-12-19(32)16-27(22)36-30(23)28/h5-18H,1-4H3. The summed E-state index contributed by atoms with van der Waals surface area (Å²) in [6, 6.07) is 22.5. The number of thiophene rings is 1. The molecule has 0 spiro atoms. The van der Waals surface area contributed by atoms with Gasteiger partial charge >= 0.3 is 0 Å². The van der Waals surface area contributed by atoms with Gasteiger partial charge in [-0.2, -0.15) is 0 Å². The van der Waals surface area contributed by atoms with Crippen molar-refractivity contribution in [2.75, 3.05) is 0 Å². The Kier molecular flexibility index (Phi) is 5.41. The van der Waals surface area contributed by atoms with Crippen LogP contribution in [0.25, 0.3) is 48.3 Å². The highest BCUT2D eigenvalue weighted by Gasteiger charge is 2.24. The van der Waals surface area contributed by atoms with Crippen LogP contribution in [0.15, 0.2) is 72.8 Å². The topological polar surface area (TPSA) is 17.8 Å². The molecule has 36 heavy (non-hydrogen) atoms. The Bertz CT molecular complexity index is 1750. The molecule has 0 saturated carbocycles. The lowest BCUT2D eigenvalue weighted by atomic mass is 9.92. The fourth-order valence-corrected chi connectivity index (χ4v) is 6.44. The molecule has 2 heterocycles. The first kappa shape index (κ1) is 22.9. The summed E-state index contributed by atoms with van der Waals surface area (Å²) >= 11 is 1.41. The van der Waals surface area contributed by atoms with E-state index in [1.54, 1.807) is 6.07 Å². The van der Waals surface area contributed by atoms with Crippen molar-refractivity contribution in [1.82, 2.24) is 9.55 Å². The lowest BCUT2D eigenvalue weighted by Crippen LogP contribution is -2.08. The summed E-state index contributed by atoms with van der Waals surface area (Å²) in [4.78, 5) is 5.10. The lowest BCUT2D eigenvalue weighted by molar-refractivity contribution is 0.629. The van der Waals surface area contributed by atoms with Crippen molar-refractivity contribution in [3.63, 3.8) is 0 Å². The maximum absolute atomic E-state index is 15.2. The van der Waals surface area contributed by atoms with Gasteiger partial charge in [-0.25, -0.2) is 13.8 Å². The summed E-state index contributed by atoms with van der Waals surface area (Å²) in [5.74, 6) is 0.736. The quantitative estimate of drug-likeness (QED) is 0.238. The number of halogens is 2. The zero-order valence-electron chi connectivity index (χ0n) is 20.6. The van der Waals surface area contributed by atoms with E-state index in [1.807, 2.05) is 24.3 Å². The number of benzene rings is 4. The summed E-state index contributed by atoms with van der Waals surface area (Å²) in [6.45, 7) is 8.83. The third-order valence-corrected chi connectivity index (χ3v) is 8.09. The van der Waals surface area contributed by atoms with Crippen molar-refractivity contribution in [3.8, 4) is 17.1 Å². The first-order valence-corrected chi connectivity index (χ1v) is 13.1. The van der Waals surface area contributed by atoms with Crippen LogP contribution >= 0.6 is 11.3 Å². The molecule has 0 fully saturated rings. The zero-order chi connectivity index (χ0) is 25.1. The van der Waals surface area contributed by atoms with E-state index in [-0.39, 0.29) is 11.6 Å². The van der Waals surface area contributed by atoms with Gasteiger partial charge in [-0.3, -0.25) is 4.57 Å². The monoisotopic (exact) mass is 496 g/mol. The van der Waals surface area contributed by atoms with Crippen molar-refractivity contribution >= 4 is 42.5 Å². The van der Waals surface area contributed by atoms with Crippen LogP contribution in [-0.2, 0) is 0 Å². The Labute approximate surface area is 212 Å². The van der Waals surface area contributed by atoms with Gasteiger partial charge in [-0.15, -0.1) is 11.3 Å². The summed E-state index contributed by atoms with van der Waals surface area (Å²) < 4.78 is 33.0. The highest BCUT2D eigenvalue weighted by atomic mass is 32.1. The molecule has 2 aromatic heterocycles. The average Bonchev–Trinajstić information content (AvgIpc) is 3.42. The molecule has 6 rings (SSSR count). The molecule has 0 N–H and O–H groups in total. The van der Waals surface area contributed by atoms with E-state index in [0.717, 1.165) is 42.9 Å².